The largest absolute Gasteiger partial charge is 0.441 e. The van der Waals surface area contributed by atoms with E-state index in [9.17, 15) is 0 Å². The molecule has 2 aromatic heterocycles. The van der Waals surface area contributed by atoms with E-state index in [2.05, 4.69) is 20.9 Å². The standard InChI is InChI=1S/C10H9BrClNOS/c11-9-4-7(6-15-9)8-5-13-10(14-8)2-1-3-12/h4-6H,1-3H2. The van der Waals surface area contributed by atoms with Gasteiger partial charge in [0.25, 0.3) is 0 Å². The molecular formula is C10H9BrClNOS. The van der Waals surface area contributed by atoms with Crippen LogP contribution >= 0.6 is 38.9 Å². The summed E-state index contributed by atoms with van der Waals surface area (Å²) in [6.45, 7) is 0. The molecule has 2 aromatic rings. The molecule has 0 bridgehead atoms. The fraction of sp³-hybridized carbons (Fsp3) is 0.300. The Bertz CT molecular complexity index is 440. The summed E-state index contributed by atoms with van der Waals surface area (Å²) in [5, 5.41) is 2.04. The van der Waals surface area contributed by atoms with Gasteiger partial charge < -0.3 is 4.42 Å². The van der Waals surface area contributed by atoms with Crippen molar-refractivity contribution in [2.24, 2.45) is 0 Å². The van der Waals surface area contributed by atoms with Crippen molar-refractivity contribution in [2.45, 2.75) is 12.8 Å². The van der Waals surface area contributed by atoms with Crippen LogP contribution in [0.25, 0.3) is 11.3 Å². The Morgan fingerprint density at radius 1 is 1.53 bits per heavy atom. The fourth-order valence-corrected chi connectivity index (χ4v) is 2.50. The molecule has 0 saturated carbocycles. The van der Waals surface area contributed by atoms with Crippen LogP contribution in [0.2, 0.25) is 0 Å². The second-order valence-electron chi connectivity index (χ2n) is 3.05. The highest BCUT2D eigenvalue weighted by molar-refractivity contribution is 9.11. The van der Waals surface area contributed by atoms with E-state index in [4.69, 9.17) is 16.0 Å². The quantitative estimate of drug-likeness (QED) is 0.786. The lowest BCUT2D eigenvalue weighted by Gasteiger charge is -1.91. The van der Waals surface area contributed by atoms with E-state index < -0.39 is 0 Å². The summed E-state index contributed by atoms with van der Waals surface area (Å²) >= 11 is 10.7. The number of aryl methyl sites for hydroxylation is 1. The lowest BCUT2D eigenvalue weighted by molar-refractivity contribution is 0.503. The molecule has 0 atom stereocenters. The van der Waals surface area contributed by atoms with Gasteiger partial charge in [0.2, 0.25) is 0 Å². The molecule has 2 nitrogen and oxygen atoms in total. The van der Waals surface area contributed by atoms with Gasteiger partial charge in [-0.1, -0.05) is 0 Å². The molecule has 15 heavy (non-hydrogen) atoms. The number of thiophene rings is 1. The summed E-state index contributed by atoms with van der Waals surface area (Å²) in [5.74, 6) is 2.22. The van der Waals surface area contributed by atoms with Gasteiger partial charge in [-0.3, -0.25) is 0 Å². The average molecular weight is 307 g/mol. The number of rotatable bonds is 4. The molecule has 0 aliphatic heterocycles. The van der Waals surface area contributed by atoms with Crippen molar-refractivity contribution >= 4 is 38.9 Å². The summed E-state index contributed by atoms with van der Waals surface area (Å²) in [5.41, 5.74) is 1.07. The second kappa shape index (κ2) is 5.14. The van der Waals surface area contributed by atoms with Crippen LogP contribution in [0.4, 0.5) is 0 Å². The molecule has 0 aromatic carbocycles. The van der Waals surface area contributed by atoms with Gasteiger partial charge in [-0.25, -0.2) is 4.98 Å². The minimum Gasteiger partial charge on any atom is -0.441 e. The van der Waals surface area contributed by atoms with E-state index >= 15 is 0 Å². The summed E-state index contributed by atoms with van der Waals surface area (Å²) in [4.78, 5) is 4.20. The minimum atomic E-state index is 0.641. The lowest BCUT2D eigenvalue weighted by atomic mass is 10.3. The number of halogens is 2. The Morgan fingerprint density at radius 2 is 2.40 bits per heavy atom. The Labute approximate surface area is 105 Å². The molecule has 2 heterocycles. The summed E-state index contributed by atoms with van der Waals surface area (Å²) in [7, 11) is 0. The van der Waals surface area contributed by atoms with Crippen LogP contribution in [0.3, 0.4) is 0 Å². The monoisotopic (exact) mass is 305 g/mol. The Balaban J connectivity index is 2.13. The van der Waals surface area contributed by atoms with Crippen molar-refractivity contribution in [1.82, 2.24) is 4.98 Å². The van der Waals surface area contributed by atoms with Crippen LogP contribution in [0.5, 0.6) is 0 Å². The van der Waals surface area contributed by atoms with Crippen molar-refractivity contribution < 1.29 is 4.42 Å². The van der Waals surface area contributed by atoms with Crippen molar-refractivity contribution in [3.05, 3.63) is 27.3 Å². The Hall–Kier alpha value is -0.320. The van der Waals surface area contributed by atoms with Gasteiger partial charge in [0, 0.05) is 23.2 Å². The third-order valence-electron chi connectivity index (χ3n) is 1.93. The zero-order valence-corrected chi connectivity index (χ0v) is 11.0. The third-order valence-corrected chi connectivity index (χ3v) is 3.70. The normalized spacial score (nSPS) is 10.8. The number of hydrogen-bond donors (Lipinski definition) is 0. The van der Waals surface area contributed by atoms with Gasteiger partial charge in [0.15, 0.2) is 11.7 Å². The van der Waals surface area contributed by atoms with E-state index in [1.165, 1.54) is 0 Å². The number of aromatic nitrogens is 1. The Morgan fingerprint density at radius 3 is 3.07 bits per heavy atom. The Kier molecular flexibility index (Phi) is 3.83. The summed E-state index contributed by atoms with van der Waals surface area (Å²) in [6, 6.07) is 2.02. The molecule has 80 valence electrons. The maximum Gasteiger partial charge on any atom is 0.194 e. The van der Waals surface area contributed by atoms with Gasteiger partial charge in [0.05, 0.1) is 9.98 Å². The minimum absolute atomic E-state index is 0.641. The van der Waals surface area contributed by atoms with Gasteiger partial charge in [-0.05, 0) is 28.4 Å². The van der Waals surface area contributed by atoms with Crippen molar-refractivity contribution in [3.8, 4) is 11.3 Å². The molecular weight excluding hydrogens is 298 g/mol. The SMILES string of the molecule is ClCCCc1ncc(-c2csc(Br)c2)o1. The predicted molar refractivity (Wildman–Crippen MR) is 66.6 cm³/mol. The predicted octanol–water partition coefficient (Wildman–Crippen LogP) is 4.34. The molecule has 0 saturated heterocycles. The van der Waals surface area contributed by atoms with Gasteiger partial charge >= 0.3 is 0 Å². The first kappa shape index (κ1) is 11.2. The average Bonchev–Trinajstić information content (AvgIpc) is 2.83. The topological polar surface area (TPSA) is 26.0 Å². The van der Waals surface area contributed by atoms with Crippen LogP contribution < -0.4 is 0 Å². The molecule has 0 unspecified atom stereocenters. The number of oxazole rings is 1. The van der Waals surface area contributed by atoms with E-state index in [1.54, 1.807) is 17.5 Å². The summed E-state index contributed by atoms with van der Waals surface area (Å²) < 4.78 is 6.69. The highest BCUT2D eigenvalue weighted by atomic mass is 79.9. The smallest absolute Gasteiger partial charge is 0.194 e. The van der Waals surface area contributed by atoms with E-state index in [-0.39, 0.29) is 0 Å². The maximum atomic E-state index is 5.60. The van der Waals surface area contributed by atoms with E-state index in [0.29, 0.717) is 5.88 Å². The summed E-state index contributed by atoms with van der Waals surface area (Å²) in [6.07, 6.45) is 3.46. The van der Waals surface area contributed by atoms with Crippen LogP contribution in [0, 0.1) is 0 Å². The third kappa shape index (κ3) is 2.83. The first-order valence-electron chi connectivity index (χ1n) is 4.54. The molecule has 0 N–H and O–H groups in total. The van der Waals surface area contributed by atoms with Crippen LogP contribution in [0.1, 0.15) is 12.3 Å². The van der Waals surface area contributed by atoms with Crippen LogP contribution in [-0.2, 0) is 6.42 Å². The molecule has 2 rings (SSSR count). The number of nitrogens with zero attached hydrogens (tertiary/aromatic N) is 1. The highest BCUT2D eigenvalue weighted by Gasteiger charge is 2.07. The van der Waals surface area contributed by atoms with Crippen molar-refractivity contribution in [1.29, 1.82) is 0 Å². The fourth-order valence-electron chi connectivity index (χ4n) is 1.22. The molecule has 5 heteroatoms. The highest BCUT2D eigenvalue weighted by Crippen LogP contribution is 2.29. The number of alkyl halides is 1. The maximum absolute atomic E-state index is 5.60. The zero-order chi connectivity index (χ0) is 10.7. The zero-order valence-electron chi connectivity index (χ0n) is 7.87. The molecule has 0 amide bonds. The molecule has 0 spiro atoms. The first-order chi connectivity index (χ1) is 7.29. The van der Waals surface area contributed by atoms with Gasteiger partial charge in [-0.15, -0.1) is 22.9 Å². The molecule has 0 aliphatic rings. The van der Waals surface area contributed by atoms with Crippen molar-refractivity contribution in [3.63, 3.8) is 0 Å². The van der Waals surface area contributed by atoms with E-state index in [0.717, 1.165) is 33.8 Å². The molecule has 0 radical (unpaired) electrons. The number of hydrogen-bond acceptors (Lipinski definition) is 3. The second-order valence-corrected chi connectivity index (χ2v) is 5.72. The van der Waals surface area contributed by atoms with Crippen LogP contribution in [-0.4, -0.2) is 10.9 Å². The molecule has 0 aliphatic carbocycles. The lowest BCUT2D eigenvalue weighted by Crippen LogP contribution is -1.84. The van der Waals surface area contributed by atoms with Crippen molar-refractivity contribution in [2.75, 3.05) is 5.88 Å². The van der Waals surface area contributed by atoms with Gasteiger partial charge in [-0.2, -0.15) is 0 Å². The van der Waals surface area contributed by atoms with Gasteiger partial charge in [0.1, 0.15) is 0 Å². The first-order valence-corrected chi connectivity index (χ1v) is 6.75. The van der Waals surface area contributed by atoms with Crippen LogP contribution in [0.15, 0.2) is 25.8 Å². The molecule has 0 fully saturated rings. The van der Waals surface area contributed by atoms with E-state index in [1.807, 2.05) is 11.4 Å².